The SMILES string of the molecule is COCCn1c([C@H](C)c2ccccc2)nc2c1c(=O)n(C)c(=O)n2C(C)C. The van der Waals surface area contributed by atoms with E-state index in [1.54, 1.807) is 11.7 Å². The number of hydrogen-bond acceptors (Lipinski definition) is 4. The van der Waals surface area contributed by atoms with Gasteiger partial charge in [0.25, 0.3) is 5.56 Å². The number of nitrogens with zero attached hydrogens (tertiary/aromatic N) is 4. The van der Waals surface area contributed by atoms with Crippen molar-refractivity contribution >= 4 is 11.2 Å². The van der Waals surface area contributed by atoms with Gasteiger partial charge in [0, 0.05) is 32.7 Å². The van der Waals surface area contributed by atoms with E-state index in [0.717, 1.165) is 16.0 Å². The third-order valence-corrected chi connectivity index (χ3v) is 4.93. The zero-order valence-corrected chi connectivity index (χ0v) is 16.5. The molecule has 0 fully saturated rings. The molecular formula is C20H26N4O3. The summed E-state index contributed by atoms with van der Waals surface area (Å²) in [4.78, 5) is 30.4. The molecule has 0 spiro atoms. The van der Waals surface area contributed by atoms with E-state index in [2.05, 4.69) is 6.92 Å². The molecule has 0 saturated heterocycles. The Kier molecular flexibility index (Phi) is 5.32. The molecule has 0 bridgehead atoms. The Bertz CT molecular complexity index is 1060. The second-order valence-corrected chi connectivity index (χ2v) is 7.03. The summed E-state index contributed by atoms with van der Waals surface area (Å²) in [5.74, 6) is 0.723. The maximum atomic E-state index is 12.9. The van der Waals surface area contributed by atoms with Crippen molar-refractivity contribution in [3.05, 3.63) is 62.6 Å². The fourth-order valence-corrected chi connectivity index (χ4v) is 3.43. The van der Waals surface area contributed by atoms with Crippen LogP contribution in [0, 0.1) is 0 Å². The highest BCUT2D eigenvalue weighted by atomic mass is 16.5. The van der Waals surface area contributed by atoms with Crippen LogP contribution in [-0.4, -0.2) is 32.4 Å². The lowest BCUT2D eigenvalue weighted by Crippen LogP contribution is -2.39. The Balaban J connectivity index is 2.37. The quantitative estimate of drug-likeness (QED) is 0.667. The third kappa shape index (κ3) is 3.23. The molecule has 7 heteroatoms. The molecule has 0 aliphatic rings. The fourth-order valence-electron chi connectivity index (χ4n) is 3.43. The minimum atomic E-state index is -0.349. The third-order valence-electron chi connectivity index (χ3n) is 4.93. The van der Waals surface area contributed by atoms with Crippen molar-refractivity contribution in [2.45, 2.75) is 39.3 Å². The summed E-state index contributed by atoms with van der Waals surface area (Å²) in [7, 11) is 3.14. The Morgan fingerprint density at radius 3 is 2.37 bits per heavy atom. The predicted molar refractivity (Wildman–Crippen MR) is 105 cm³/mol. The van der Waals surface area contributed by atoms with Gasteiger partial charge in [0.15, 0.2) is 11.2 Å². The summed E-state index contributed by atoms with van der Waals surface area (Å²) in [5.41, 5.74) is 1.30. The summed E-state index contributed by atoms with van der Waals surface area (Å²) in [6.45, 7) is 6.83. The first kappa shape index (κ1) is 19.1. The van der Waals surface area contributed by atoms with Crippen LogP contribution in [0.2, 0.25) is 0 Å². The van der Waals surface area contributed by atoms with Crippen LogP contribution < -0.4 is 11.2 Å². The summed E-state index contributed by atoms with van der Waals surface area (Å²) in [6.07, 6.45) is 0. The minimum absolute atomic E-state index is 0.0316. The van der Waals surface area contributed by atoms with E-state index >= 15 is 0 Å². The van der Waals surface area contributed by atoms with E-state index in [1.165, 1.54) is 7.05 Å². The molecule has 1 atom stereocenters. The Hall–Kier alpha value is -2.67. The largest absolute Gasteiger partial charge is 0.383 e. The van der Waals surface area contributed by atoms with Crippen LogP contribution in [0.1, 0.15) is 44.1 Å². The molecule has 27 heavy (non-hydrogen) atoms. The normalized spacial score (nSPS) is 12.8. The van der Waals surface area contributed by atoms with Crippen LogP contribution in [0.15, 0.2) is 39.9 Å². The maximum Gasteiger partial charge on any atom is 0.332 e. The van der Waals surface area contributed by atoms with Gasteiger partial charge in [-0.05, 0) is 19.4 Å². The number of rotatable bonds is 6. The summed E-state index contributed by atoms with van der Waals surface area (Å²) in [6, 6.07) is 9.90. The number of methoxy groups -OCH3 is 1. The second kappa shape index (κ2) is 7.52. The van der Waals surface area contributed by atoms with Gasteiger partial charge in [0.05, 0.1) is 6.61 Å². The van der Waals surface area contributed by atoms with Crippen molar-refractivity contribution in [2.24, 2.45) is 7.05 Å². The minimum Gasteiger partial charge on any atom is -0.383 e. The number of benzene rings is 1. The van der Waals surface area contributed by atoms with Crippen LogP contribution in [-0.2, 0) is 18.3 Å². The first-order valence-corrected chi connectivity index (χ1v) is 9.14. The van der Waals surface area contributed by atoms with Gasteiger partial charge in [0.1, 0.15) is 5.82 Å². The molecule has 0 N–H and O–H groups in total. The molecule has 0 unspecified atom stereocenters. The molecule has 0 aliphatic carbocycles. The van der Waals surface area contributed by atoms with Gasteiger partial charge in [-0.15, -0.1) is 0 Å². The monoisotopic (exact) mass is 370 g/mol. The Labute approximate surface area is 157 Å². The standard InChI is InChI=1S/C20H26N4O3/c1-13(2)24-18-16(19(25)22(4)20(24)26)23(11-12-27-5)17(21-18)14(3)15-9-7-6-8-10-15/h6-10,13-14H,11-12H2,1-5H3/t14-/m1/s1. The van der Waals surface area contributed by atoms with Crippen molar-refractivity contribution < 1.29 is 4.74 Å². The topological polar surface area (TPSA) is 71.1 Å². The average molecular weight is 370 g/mol. The number of fused-ring (bicyclic) bond motifs is 1. The fraction of sp³-hybridized carbons (Fsp3) is 0.450. The molecule has 1 aromatic carbocycles. The van der Waals surface area contributed by atoms with Crippen molar-refractivity contribution in [1.29, 1.82) is 0 Å². The van der Waals surface area contributed by atoms with E-state index in [4.69, 9.17) is 9.72 Å². The lowest BCUT2D eigenvalue weighted by molar-refractivity contribution is 0.187. The highest BCUT2D eigenvalue weighted by Gasteiger charge is 2.24. The molecule has 3 aromatic rings. The second-order valence-electron chi connectivity index (χ2n) is 7.03. The van der Waals surface area contributed by atoms with Gasteiger partial charge in [-0.3, -0.25) is 13.9 Å². The number of aromatic nitrogens is 4. The molecule has 3 rings (SSSR count). The average Bonchev–Trinajstić information content (AvgIpc) is 3.03. The summed E-state index contributed by atoms with van der Waals surface area (Å²) >= 11 is 0. The lowest BCUT2D eigenvalue weighted by Gasteiger charge is -2.15. The molecule has 0 aliphatic heterocycles. The number of imidazole rings is 1. The summed E-state index contributed by atoms with van der Waals surface area (Å²) in [5, 5.41) is 0. The molecule has 2 heterocycles. The molecule has 144 valence electrons. The Morgan fingerprint density at radius 1 is 1.11 bits per heavy atom. The van der Waals surface area contributed by atoms with Crippen LogP contribution >= 0.6 is 0 Å². The Morgan fingerprint density at radius 2 is 1.78 bits per heavy atom. The van der Waals surface area contributed by atoms with Gasteiger partial charge in [-0.25, -0.2) is 9.78 Å². The number of ether oxygens (including phenoxy) is 1. The van der Waals surface area contributed by atoms with E-state index in [-0.39, 0.29) is 23.2 Å². The van der Waals surface area contributed by atoms with Crippen LogP contribution in [0.3, 0.4) is 0 Å². The molecule has 0 radical (unpaired) electrons. The van der Waals surface area contributed by atoms with E-state index in [1.807, 2.05) is 48.7 Å². The van der Waals surface area contributed by atoms with Crippen molar-refractivity contribution in [1.82, 2.24) is 18.7 Å². The summed E-state index contributed by atoms with van der Waals surface area (Å²) < 4.78 is 9.89. The molecule has 2 aromatic heterocycles. The molecule has 7 nitrogen and oxygen atoms in total. The van der Waals surface area contributed by atoms with Crippen LogP contribution in [0.25, 0.3) is 11.2 Å². The highest BCUT2D eigenvalue weighted by molar-refractivity contribution is 5.71. The number of hydrogen-bond donors (Lipinski definition) is 0. The van der Waals surface area contributed by atoms with Crippen LogP contribution in [0.4, 0.5) is 0 Å². The zero-order valence-electron chi connectivity index (χ0n) is 16.5. The molecule has 0 amide bonds. The van der Waals surface area contributed by atoms with Gasteiger partial charge in [0.2, 0.25) is 0 Å². The van der Waals surface area contributed by atoms with Crippen molar-refractivity contribution in [3.63, 3.8) is 0 Å². The van der Waals surface area contributed by atoms with E-state index < -0.39 is 0 Å². The molecular weight excluding hydrogens is 344 g/mol. The first-order chi connectivity index (χ1) is 12.9. The van der Waals surface area contributed by atoms with Gasteiger partial charge < -0.3 is 9.30 Å². The van der Waals surface area contributed by atoms with Crippen molar-refractivity contribution in [2.75, 3.05) is 13.7 Å². The zero-order chi connectivity index (χ0) is 19.7. The van der Waals surface area contributed by atoms with Gasteiger partial charge >= 0.3 is 5.69 Å². The molecule has 0 saturated carbocycles. The van der Waals surface area contributed by atoms with Gasteiger partial charge in [-0.1, -0.05) is 37.3 Å². The lowest BCUT2D eigenvalue weighted by atomic mass is 10.0. The van der Waals surface area contributed by atoms with E-state index in [0.29, 0.717) is 24.3 Å². The van der Waals surface area contributed by atoms with Crippen molar-refractivity contribution in [3.8, 4) is 0 Å². The van der Waals surface area contributed by atoms with Crippen LogP contribution in [0.5, 0.6) is 0 Å². The highest BCUT2D eigenvalue weighted by Crippen LogP contribution is 2.26. The van der Waals surface area contributed by atoms with Gasteiger partial charge in [-0.2, -0.15) is 0 Å². The smallest absolute Gasteiger partial charge is 0.332 e. The first-order valence-electron chi connectivity index (χ1n) is 9.14. The van der Waals surface area contributed by atoms with E-state index in [9.17, 15) is 9.59 Å². The maximum absolute atomic E-state index is 12.9. The predicted octanol–water partition coefficient (Wildman–Crippen LogP) is 2.28.